The van der Waals surface area contributed by atoms with Crippen molar-refractivity contribution in [3.63, 3.8) is 0 Å². The maximum absolute atomic E-state index is 12.3. The number of hydrogen-bond donors (Lipinski definition) is 2. The van der Waals surface area contributed by atoms with E-state index in [1.54, 1.807) is 16.9 Å². The van der Waals surface area contributed by atoms with Gasteiger partial charge in [0.05, 0.1) is 16.9 Å². The van der Waals surface area contributed by atoms with Gasteiger partial charge in [-0.05, 0) is 26.0 Å². The Kier molecular flexibility index (Phi) is 3.85. The Morgan fingerprint density at radius 2 is 2.05 bits per heavy atom. The number of carbonyl (C=O) groups is 1. The highest BCUT2D eigenvalue weighted by Gasteiger charge is 2.13. The van der Waals surface area contributed by atoms with Gasteiger partial charge in [-0.2, -0.15) is 5.10 Å². The molecule has 1 aromatic carbocycles. The average molecular weight is 258 g/mol. The molecule has 0 aliphatic heterocycles. The minimum absolute atomic E-state index is 0.132. The Bertz CT molecular complexity index is 589. The number of aromatic nitrogens is 2. The number of benzene rings is 1. The van der Waals surface area contributed by atoms with Gasteiger partial charge >= 0.3 is 0 Å². The van der Waals surface area contributed by atoms with Crippen LogP contribution in [0.5, 0.6) is 0 Å². The summed E-state index contributed by atoms with van der Waals surface area (Å²) in [5.74, 6) is -0.132. The Hall–Kier alpha value is -2.30. The molecule has 0 bridgehead atoms. The van der Waals surface area contributed by atoms with Crippen molar-refractivity contribution in [1.82, 2.24) is 9.78 Å². The summed E-state index contributed by atoms with van der Waals surface area (Å²) < 4.78 is 1.68. The van der Waals surface area contributed by atoms with E-state index in [1.807, 2.05) is 39.1 Å². The molecule has 2 rings (SSSR count). The van der Waals surface area contributed by atoms with Crippen LogP contribution in [-0.2, 0) is 7.05 Å². The molecule has 19 heavy (non-hydrogen) atoms. The molecule has 2 N–H and O–H groups in total. The number of carbonyl (C=O) groups excluding carboxylic acids is 1. The molecule has 0 radical (unpaired) electrons. The second-order valence-electron chi connectivity index (χ2n) is 4.33. The van der Waals surface area contributed by atoms with Crippen LogP contribution in [0, 0.1) is 6.92 Å². The first-order valence-electron chi connectivity index (χ1n) is 6.26. The van der Waals surface area contributed by atoms with E-state index >= 15 is 0 Å². The predicted octanol–water partition coefficient (Wildman–Crippen LogP) is 2.41. The van der Waals surface area contributed by atoms with Crippen LogP contribution in [0.3, 0.4) is 0 Å². The fraction of sp³-hybridized carbons (Fsp3) is 0.286. The van der Waals surface area contributed by atoms with Crippen molar-refractivity contribution in [1.29, 1.82) is 0 Å². The van der Waals surface area contributed by atoms with Gasteiger partial charge in [-0.3, -0.25) is 9.48 Å². The quantitative estimate of drug-likeness (QED) is 0.885. The second-order valence-corrected chi connectivity index (χ2v) is 4.33. The molecule has 0 atom stereocenters. The molecular weight excluding hydrogens is 240 g/mol. The first kappa shape index (κ1) is 13.1. The molecule has 1 aromatic heterocycles. The zero-order chi connectivity index (χ0) is 13.8. The van der Waals surface area contributed by atoms with Crippen molar-refractivity contribution < 1.29 is 4.79 Å². The van der Waals surface area contributed by atoms with Crippen LogP contribution in [0.15, 0.2) is 30.5 Å². The third-order valence-electron chi connectivity index (χ3n) is 2.80. The van der Waals surface area contributed by atoms with Gasteiger partial charge in [0.2, 0.25) is 0 Å². The van der Waals surface area contributed by atoms with Crippen molar-refractivity contribution in [2.45, 2.75) is 13.8 Å². The number of hydrogen-bond acceptors (Lipinski definition) is 3. The summed E-state index contributed by atoms with van der Waals surface area (Å²) in [5, 5.41) is 10.3. The van der Waals surface area contributed by atoms with Crippen molar-refractivity contribution >= 4 is 17.3 Å². The van der Waals surface area contributed by atoms with Crippen LogP contribution in [0.1, 0.15) is 23.0 Å². The fourth-order valence-corrected chi connectivity index (χ4v) is 1.94. The minimum atomic E-state index is -0.132. The number of nitrogens with one attached hydrogen (secondary N) is 2. The van der Waals surface area contributed by atoms with Crippen LogP contribution >= 0.6 is 0 Å². The van der Waals surface area contributed by atoms with Crippen molar-refractivity contribution in [2.75, 3.05) is 17.2 Å². The Morgan fingerprint density at radius 3 is 2.68 bits per heavy atom. The smallest absolute Gasteiger partial charge is 0.257 e. The lowest BCUT2D eigenvalue weighted by Crippen LogP contribution is -2.15. The minimum Gasteiger partial charge on any atom is -0.385 e. The first-order valence-corrected chi connectivity index (χ1v) is 6.26. The molecule has 1 heterocycles. The molecule has 0 unspecified atom stereocenters. The van der Waals surface area contributed by atoms with Crippen molar-refractivity contribution in [3.05, 3.63) is 41.7 Å². The van der Waals surface area contributed by atoms with E-state index in [0.29, 0.717) is 5.56 Å². The van der Waals surface area contributed by atoms with Gasteiger partial charge in [0.15, 0.2) is 0 Å². The summed E-state index contributed by atoms with van der Waals surface area (Å²) in [7, 11) is 1.83. The maximum Gasteiger partial charge on any atom is 0.257 e. The fourth-order valence-electron chi connectivity index (χ4n) is 1.94. The largest absolute Gasteiger partial charge is 0.385 e. The third-order valence-corrected chi connectivity index (χ3v) is 2.80. The van der Waals surface area contributed by atoms with E-state index in [-0.39, 0.29) is 5.91 Å². The molecule has 100 valence electrons. The summed E-state index contributed by atoms with van der Waals surface area (Å²) in [5.41, 5.74) is 3.01. The molecule has 2 aromatic rings. The highest BCUT2D eigenvalue weighted by molar-refractivity contribution is 6.08. The number of anilines is 2. The molecule has 0 aliphatic rings. The highest BCUT2D eigenvalue weighted by atomic mass is 16.1. The lowest BCUT2D eigenvalue weighted by atomic mass is 10.1. The predicted molar refractivity (Wildman–Crippen MR) is 76.5 cm³/mol. The SMILES string of the molecule is CCNc1ccccc1C(=O)Nc1cn(C)nc1C. The molecule has 5 nitrogen and oxygen atoms in total. The summed E-state index contributed by atoms with van der Waals surface area (Å²) in [6, 6.07) is 7.46. The Morgan fingerprint density at radius 1 is 1.32 bits per heavy atom. The molecule has 0 aliphatic carbocycles. The molecule has 5 heteroatoms. The van der Waals surface area contributed by atoms with E-state index in [4.69, 9.17) is 0 Å². The second kappa shape index (κ2) is 5.56. The van der Waals surface area contributed by atoms with Gasteiger partial charge in [0, 0.05) is 25.5 Å². The average Bonchev–Trinajstić information content (AvgIpc) is 2.69. The normalized spacial score (nSPS) is 10.3. The number of amides is 1. The third kappa shape index (κ3) is 2.93. The number of aryl methyl sites for hydroxylation is 2. The Labute approximate surface area is 112 Å². The number of rotatable bonds is 4. The van der Waals surface area contributed by atoms with Gasteiger partial charge in [0.25, 0.3) is 5.91 Å². The zero-order valence-corrected chi connectivity index (χ0v) is 11.4. The van der Waals surface area contributed by atoms with E-state index in [9.17, 15) is 4.79 Å². The molecule has 1 amide bonds. The van der Waals surface area contributed by atoms with E-state index < -0.39 is 0 Å². The molecule has 0 saturated heterocycles. The lowest BCUT2D eigenvalue weighted by Gasteiger charge is -2.10. The first-order chi connectivity index (χ1) is 9.11. The van der Waals surface area contributed by atoms with E-state index in [2.05, 4.69) is 15.7 Å². The molecule has 0 spiro atoms. The zero-order valence-electron chi connectivity index (χ0n) is 11.4. The van der Waals surface area contributed by atoms with Crippen LogP contribution in [0.4, 0.5) is 11.4 Å². The van der Waals surface area contributed by atoms with Gasteiger partial charge < -0.3 is 10.6 Å². The summed E-state index contributed by atoms with van der Waals surface area (Å²) in [6.45, 7) is 4.64. The highest BCUT2D eigenvalue weighted by Crippen LogP contribution is 2.18. The van der Waals surface area contributed by atoms with Gasteiger partial charge in [-0.25, -0.2) is 0 Å². The molecule has 0 fully saturated rings. The summed E-state index contributed by atoms with van der Waals surface area (Å²) in [6.07, 6.45) is 1.79. The van der Waals surface area contributed by atoms with Gasteiger partial charge in [-0.1, -0.05) is 12.1 Å². The standard InChI is InChI=1S/C14H18N4O/c1-4-15-12-8-6-5-7-11(12)14(19)16-13-9-18(3)17-10(13)2/h5-9,15H,4H2,1-3H3,(H,16,19). The van der Waals surface area contributed by atoms with Crippen LogP contribution in [0.2, 0.25) is 0 Å². The van der Waals surface area contributed by atoms with E-state index in [1.165, 1.54) is 0 Å². The van der Waals surface area contributed by atoms with Crippen LogP contribution in [0.25, 0.3) is 0 Å². The van der Waals surface area contributed by atoms with Crippen molar-refractivity contribution in [3.8, 4) is 0 Å². The summed E-state index contributed by atoms with van der Waals surface area (Å²) >= 11 is 0. The van der Waals surface area contributed by atoms with Crippen LogP contribution in [-0.4, -0.2) is 22.2 Å². The number of nitrogens with zero attached hydrogens (tertiary/aromatic N) is 2. The summed E-state index contributed by atoms with van der Waals surface area (Å²) in [4.78, 5) is 12.3. The molecule has 0 saturated carbocycles. The van der Waals surface area contributed by atoms with Gasteiger partial charge in [-0.15, -0.1) is 0 Å². The van der Waals surface area contributed by atoms with Crippen LogP contribution < -0.4 is 10.6 Å². The number of para-hydroxylation sites is 1. The topological polar surface area (TPSA) is 59.0 Å². The monoisotopic (exact) mass is 258 g/mol. The lowest BCUT2D eigenvalue weighted by molar-refractivity contribution is 0.102. The van der Waals surface area contributed by atoms with Gasteiger partial charge in [0.1, 0.15) is 0 Å². The van der Waals surface area contributed by atoms with E-state index in [0.717, 1.165) is 23.6 Å². The maximum atomic E-state index is 12.3. The van der Waals surface area contributed by atoms with Crippen molar-refractivity contribution in [2.24, 2.45) is 7.05 Å². The molecular formula is C14H18N4O. The Balaban J connectivity index is 2.22.